The van der Waals surface area contributed by atoms with Gasteiger partial charge in [-0.05, 0) is 78.8 Å². The van der Waals surface area contributed by atoms with Crippen LogP contribution < -0.4 is 10.5 Å². The van der Waals surface area contributed by atoms with Crippen LogP contribution in [-0.2, 0) is 16.7 Å². The summed E-state index contributed by atoms with van der Waals surface area (Å²) in [6.07, 6.45) is 2.86. The van der Waals surface area contributed by atoms with Crippen molar-refractivity contribution in [2.75, 3.05) is 14.2 Å². The van der Waals surface area contributed by atoms with Gasteiger partial charge in [-0.3, -0.25) is 9.36 Å². The van der Waals surface area contributed by atoms with Crippen molar-refractivity contribution < 1.29 is 28.3 Å². The maximum Gasteiger partial charge on any atom is 0.419 e. The number of ether oxygens (including phenoxy) is 1. The molecule has 0 spiro atoms. The van der Waals surface area contributed by atoms with Gasteiger partial charge in [0.1, 0.15) is 12.9 Å². The van der Waals surface area contributed by atoms with E-state index in [1.807, 2.05) is 31.2 Å². The highest BCUT2D eigenvalue weighted by molar-refractivity contribution is 5.98. The average molecular weight is 470 g/mol. The first-order valence-corrected chi connectivity index (χ1v) is 10.7. The maximum atomic E-state index is 14.7. The van der Waals surface area contributed by atoms with Crippen molar-refractivity contribution in [3.05, 3.63) is 68.7 Å². The molecule has 0 amide bonds. The van der Waals surface area contributed by atoms with E-state index in [0.717, 1.165) is 16.7 Å². The molecule has 0 aliphatic carbocycles. The number of benzene rings is 2. The highest BCUT2D eigenvalue weighted by Crippen LogP contribution is 2.34. The number of carboxylic acid groups (broad SMARTS) is 1. The van der Waals surface area contributed by atoms with Gasteiger partial charge in [-0.15, -0.1) is 0 Å². The largest absolute Gasteiger partial charge is 0.496 e. The van der Waals surface area contributed by atoms with Crippen LogP contribution in [0.3, 0.4) is 0 Å². The number of hydrogen-bond acceptors (Lipinski definition) is 6. The summed E-state index contributed by atoms with van der Waals surface area (Å²) < 4.78 is 26.9. The molecule has 0 unspecified atom stereocenters. The monoisotopic (exact) mass is 470 g/mol. The molecule has 0 aliphatic heterocycles. The van der Waals surface area contributed by atoms with E-state index in [1.54, 1.807) is 20.0 Å². The summed E-state index contributed by atoms with van der Waals surface area (Å²) >= 11 is 0. The van der Waals surface area contributed by atoms with Crippen molar-refractivity contribution in [1.29, 1.82) is 0 Å². The molecule has 0 aliphatic rings. The van der Waals surface area contributed by atoms with E-state index in [2.05, 4.69) is 9.99 Å². The number of unbranched alkanes of at least 4 members (excludes halogenated alkanes) is 1. The number of rotatable bonds is 9. The van der Waals surface area contributed by atoms with Crippen LogP contribution in [0, 0.1) is 13.8 Å². The van der Waals surface area contributed by atoms with Gasteiger partial charge in [-0.25, -0.2) is 4.79 Å². The quantitative estimate of drug-likeness (QED) is 0.276. The zero-order valence-corrected chi connectivity index (χ0v) is 19.8. The van der Waals surface area contributed by atoms with Gasteiger partial charge in [-0.2, -0.15) is 4.39 Å². The fourth-order valence-electron chi connectivity index (χ4n) is 3.93. The molecule has 0 saturated heterocycles. The second-order valence-corrected chi connectivity index (χ2v) is 7.91. The lowest BCUT2D eigenvalue weighted by atomic mass is 9.92. The lowest BCUT2D eigenvalue weighted by Crippen LogP contribution is -2.08. The van der Waals surface area contributed by atoms with Crippen molar-refractivity contribution in [1.82, 2.24) is 4.57 Å². The Balaban J connectivity index is 2.24. The van der Waals surface area contributed by atoms with E-state index in [4.69, 9.17) is 14.3 Å². The van der Waals surface area contributed by atoms with E-state index in [9.17, 15) is 14.0 Å². The summed E-state index contributed by atoms with van der Waals surface area (Å²) in [5.41, 5.74) is 4.89. The van der Waals surface area contributed by atoms with Crippen LogP contribution in [0.25, 0.3) is 16.7 Å². The van der Waals surface area contributed by atoms with Gasteiger partial charge < -0.3 is 19.1 Å². The summed E-state index contributed by atoms with van der Waals surface area (Å²) in [6, 6.07) is 7.18. The molecule has 2 aromatic carbocycles. The molecule has 3 aromatic rings. The summed E-state index contributed by atoms with van der Waals surface area (Å²) in [5, 5.41) is 12.4. The average Bonchev–Trinajstić information content (AvgIpc) is 3.07. The Bertz CT molecular complexity index is 1350. The number of halogens is 1. The molecule has 0 radical (unpaired) electrons. The third kappa shape index (κ3) is 5.03. The van der Waals surface area contributed by atoms with E-state index < -0.39 is 17.7 Å². The number of carbonyl (C=O) groups is 1. The Kier molecular flexibility index (Phi) is 7.55. The van der Waals surface area contributed by atoms with Crippen LogP contribution in [-0.4, -0.2) is 35.8 Å². The van der Waals surface area contributed by atoms with Crippen molar-refractivity contribution in [2.45, 2.75) is 33.1 Å². The van der Waals surface area contributed by atoms with Crippen LogP contribution in [0.15, 0.2) is 44.7 Å². The second kappa shape index (κ2) is 10.4. The number of nitrogens with zero attached hydrogens (tertiary/aromatic N) is 2. The van der Waals surface area contributed by atoms with Gasteiger partial charge in [0.05, 0.1) is 18.2 Å². The van der Waals surface area contributed by atoms with Crippen LogP contribution in [0.5, 0.6) is 5.75 Å². The van der Waals surface area contributed by atoms with E-state index in [0.29, 0.717) is 40.8 Å². The fraction of sp³-hybridized carbons (Fsp3) is 0.320. The molecule has 1 N–H and O–H groups in total. The van der Waals surface area contributed by atoms with Crippen LogP contribution in [0.4, 0.5) is 4.39 Å². The molecule has 1 aromatic heterocycles. The summed E-state index contributed by atoms with van der Waals surface area (Å²) in [6.45, 7) is 3.63. The maximum absolute atomic E-state index is 14.7. The SMILES string of the molecule is CO/N=C(\F)c1cc(C(=CCCCC(=O)O)c2cc(C)c3oc(=O)n(C)c3c2)cc(C)c1OC. The summed E-state index contributed by atoms with van der Waals surface area (Å²) in [4.78, 5) is 27.6. The third-order valence-electron chi connectivity index (χ3n) is 5.52. The number of aliphatic carboxylic acids is 1. The summed E-state index contributed by atoms with van der Waals surface area (Å²) in [7, 11) is 4.33. The molecule has 8 nitrogen and oxygen atoms in total. The smallest absolute Gasteiger partial charge is 0.419 e. The van der Waals surface area contributed by atoms with Crippen LogP contribution in [0.2, 0.25) is 0 Å². The first-order chi connectivity index (χ1) is 16.2. The first kappa shape index (κ1) is 24.8. The number of oxime groups is 1. The van der Waals surface area contributed by atoms with Gasteiger partial charge in [0, 0.05) is 13.5 Å². The minimum absolute atomic E-state index is 0.0279. The molecule has 0 saturated carbocycles. The van der Waals surface area contributed by atoms with Crippen molar-refractivity contribution in [3.63, 3.8) is 0 Å². The topological polar surface area (TPSA) is 103 Å². The van der Waals surface area contributed by atoms with Gasteiger partial charge >= 0.3 is 11.7 Å². The van der Waals surface area contributed by atoms with Crippen LogP contribution >= 0.6 is 0 Å². The number of carboxylic acids is 1. The standard InChI is InChI=1S/C25H27FN2O6/c1-14-10-16(12-19(22(14)32-4)24(26)27-33-5)18(8-6-7-9-21(29)30)17-11-15(2)23-20(13-17)28(3)25(31)34-23/h8,10-13H,6-7,9H2,1-5H3,(H,29,30)/b18-8?,27-24-. The van der Waals surface area contributed by atoms with E-state index >= 15 is 0 Å². The Morgan fingerprint density at radius 3 is 2.50 bits per heavy atom. The predicted molar refractivity (Wildman–Crippen MR) is 127 cm³/mol. The Hall–Kier alpha value is -3.88. The predicted octanol–water partition coefficient (Wildman–Crippen LogP) is 4.72. The normalized spacial score (nSPS) is 12.3. The van der Waals surface area contributed by atoms with E-state index in [1.165, 1.54) is 18.8 Å². The number of methoxy groups -OCH3 is 1. The fourth-order valence-corrected chi connectivity index (χ4v) is 3.93. The Labute approximate surface area is 195 Å². The molecule has 3 rings (SSSR count). The van der Waals surface area contributed by atoms with Gasteiger partial charge in [0.25, 0.3) is 5.97 Å². The zero-order chi connectivity index (χ0) is 25.0. The minimum Gasteiger partial charge on any atom is -0.496 e. The molecular weight excluding hydrogens is 443 g/mol. The molecule has 0 atom stereocenters. The number of oxazole rings is 1. The molecule has 1 heterocycles. The molecule has 0 bridgehead atoms. The number of allylic oxidation sites excluding steroid dienone is 1. The third-order valence-corrected chi connectivity index (χ3v) is 5.52. The van der Waals surface area contributed by atoms with Crippen molar-refractivity contribution >= 4 is 28.6 Å². The Morgan fingerprint density at radius 2 is 1.85 bits per heavy atom. The highest BCUT2D eigenvalue weighted by Gasteiger charge is 2.19. The van der Waals surface area contributed by atoms with E-state index in [-0.39, 0.29) is 12.0 Å². The lowest BCUT2D eigenvalue weighted by Gasteiger charge is -2.16. The second-order valence-electron chi connectivity index (χ2n) is 7.91. The van der Waals surface area contributed by atoms with Gasteiger partial charge in [0.2, 0.25) is 0 Å². The zero-order valence-electron chi connectivity index (χ0n) is 19.8. The molecular formula is C25H27FN2O6. The molecule has 180 valence electrons. The van der Waals surface area contributed by atoms with Crippen LogP contribution in [0.1, 0.15) is 47.1 Å². The lowest BCUT2D eigenvalue weighted by molar-refractivity contribution is -0.137. The van der Waals surface area contributed by atoms with Gasteiger partial charge in [0.15, 0.2) is 5.58 Å². The molecule has 0 fully saturated rings. The van der Waals surface area contributed by atoms with Gasteiger partial charge in [-0.1, -0.05) is 11.2 Å². The highest BCUT2D eigenvalue weighted by atomic mass is 19.1. The van der Waals surface area contributed by atoms with Crippen molar-refractivity contribution in [3.8, 4) is 5.75 Å². The number of aromatic nitrogens is 1. The Morgan fingerprint density at radius 1 is 1.18 bits per heavy atom. The molecule has 9 heteroatoms. The first-order valence-electron chi connectivity index (χ1n) is 10.7. The molecule has 34 heavy (non-hydrogen) atoms. The summed E-state index contributed by atoms with van der Waals surface area (Å²) in [5.74, 6) is -1.85. The van der Waals surface area contributed by atoms with Crippen molar-refractivity contribution in [2.24, 2.45) is 12.2 Å². The number of hydrogen-bond donors (Lipinski definition) is 1. The number of fused-ring (bicyclic) bond motifs is 1. The number of aryl methyl sites for hydroxylation is 3. The minimum atomic E-state index is -0.874.